The number of nitrogens with zero attached hydrogens (tertiary/aromatic N) is 1. The molecule has 2 saturated carbocycles. The molecule has 4 aliphatic carbocycles. The highest BCUT2D eigenvalue weighted by atomic mass is 19.1. The number of allylic oxidation sites excluding steroid dienone is 4. The molecule has 0 heterocycles. The molecule has 0 aromatic carbocycles. The summed E-state index contributed by atoms with van der Waals surface area (Å²) >= 11 is 0. The summed E-state index contributed by atoms with van der Waals surface area (Å²) < 4.78 is 50.1. The van der Waals surface area contributed by atoms with Gasteiger partial charge in [0.2, 0.25) is 5.60 Å². The van der Waals surface area contributed by atoms with Crippen molar-refractivity contribution in [3.63, 3.8) is 0 Å². The highest BCUT2D eigenvalue weighted by Crippen LogP contribution is 2.71. The van der Waals surface area contributed by atoms with E-state index >= 15 is 8.78 Å². The van der Waals surface area contributed by atoms with E-state index in [1.165, 1.54) is 19.1 Å². The average molecular weight is 578 g/mol. The van der Waals surface area contributed by atoms with Gasteiger partial charge in [0.05, 0.1) is 6.10 Å². The summed E-state index contributed by atoms with van der Waals surface area (Å²) in [5, 5.41) is 20.7. The van der Waals surface area contributed by atoms with E-state index in [0.717, 1.165) is 0 Å². The Hall–Kier alpha value is -2.80. The van der Waals surface area contributed by atoms with Crippen LogP contribution in [-0.2, 0) is 23.8 Å². The summed E-state index contributed by atoms with van der Waals surface area (Å²) in [5.74, 6) is -4.62. The molecule has 1 N–H and O–H groups in total. The number of esters is 1. The number of rotatable bonds is 6. The van der Waals surface area contributed by atoms with Gasteiger partial charge in [-0.2, -0.15) is 5.26 Å². The first kappa shape index (κ1) is 31.1. The van der Waals surface area contributed by atoms with Gasteiger partial charge in [-0.05, 0) is 49.2 Å². The third kappa shape index (κ3) is 4.33. The lowest BCUT2D eigenvalue weighted by molar-refractivity contribution is -0.229. The molecule has 0 bridgehead atoms. The largest absolute Gasteiger partial charge is 0.509 e. The number of ketones is 1. The predicted octanol–water partition coefficient (Wildman–Crippen LogP) is 5.54. The van der Waals surface area contributed by atoms with Crippen molar-refractivity contribution in [3.05, 3.63) is 23.6 Å². The van der Waals surface area contributed by atoms with E-state index in [-0.39, 0.29) is 48.9 Å². The van der Waals surface area contributed by atoms with Gasteiger partial charge in [-0.15, -0.1) is 0 Å². The van der Waals surface area contributed by atoms with Gasteiger partial charge in [-0.25, -0.2) is 18.4 Å². The Morgan fingerprint density at radius 1 is 1.20 bits per heavy atom. The van der Waals surface area contributed by atoms with Crippen LogP contribution in [0.15, 0.2) is 23.6 Å². The second-order valence-electron chi connectivity index (χ2n) is 13.4. The van der Waals surface area contributed by atoms with Crippen LogP contribution >= 0.6 is 0 Å². The van der Waals surface area contributed by atoms with E-state index in [4.69, 9.17) is 19.5 Å². The van der Waals surface area contributed by atoms with Crippen molar-refractivity contribution in [2.24, 2.45) is 40.4 Å². The Morgan fingerprint density at radius 3 is 2.41 bits per heavy atom. The van der Waals surface area contributed by atoms with Crippen molar-refractivity contribution in [3.8, 4) is 6.07 Å². The van der Waals surface area contributed by atoms with Crippen LogP contribution in [-0.4, -0.2) is 53.1 Å². The molecule has 0 amide bonds. The third-order valence-corrected chi connectivity index (χ3v) is 10.6. The van der Waals surface area contributed by atoms with Gasteiger partial charge in [0, 0.05) is 35.5 Å². The predicted molar refractivity (Wildman–Crippen MR) is 143 cm³/mol. The Kier molecular flexibility index (Phi) is 7.96. The molecule has 8 nitrogen and oxygen atoms in total. The van der Waals surface area contributed by atoms with Crippen LogP contribution in [0.1, 0.15) is 74.1 Å². The van der Waals surface area contributed by atoms with Crippen molar-refractivity contribution in [2.75, 3.05) is 6.61 Å². The van der Waals surface area contributed by atoms with Crippen LogP contribution in [0.2, 0.25) is 0 Å². The monoisotopic (exact) mass is 577 g/mol. The van der Waals surface area contributed by atoms with E-state index in [9.17, 15) is 19.5 Å². The SMILES string of the molecule is CC(C)C(OC(=O)O[C@]1(C(=O)OCC#N)[C@H](C)C[C@H]2[C@@H]3CC(F)=C4CC(=O)C=C[C@]4(C)[C@@]3(F)[C@@H](O)C[C@@]21C)C(C)C. The second kappa shape index (κ2) is 10.5. The molecular formula is C31H41F2NO7. The maximum Gasteiger partial charge on any atom is 0.509 e. The van der Waals surface area contributed by atoms with Crippen LogP contribution in [0.5, 0.6) is 0 Å². The molecular weight excluding hydrogens is 536 g/mol. The number of hydrogen-bond acceptors (Lipinski definition) is 8. The van der Waals surface area contributed by atoms with Crippen LogP contribution in [0.4, 0.5) is 13.6 Å². The summed E-state index contributed by atoms with van der Waals surface area (Å²) in [7, 11) is 0. The second-order valence-corrected chi connectivity index (χ2v) is 13.4. The van der Waals surface area contributed by atoms with Gasteiger partial charge in [-0.1, -0.05) is 47.6 Å². The Labute approximate surface area is 240 Å². The number of hydrogen-bond donors (Lipinski definition) is 1. The Morgan fingerprint density at radius 2 is 1.83 bits per heavy atom. The minimum absolute atomic E-state index is 0.0328. The standard InChI is InChI=1S/C31H41F2NO7/c1-16(2)25(17(3)4)40-27(38)41-31(26(37)39-11-10-34)18(5)12-20-21-14-23(32)22-13-19(35)8-9-28(22,6)30(21,33)24(36)15-29(20,31)7/h8-9,16-18,20-21,24-25,36H,11-15H2,1-7H3/t18-,20+,21+,24+,28+,29+,30+,31+/m1/s1. The molecule has 0 saturated heterocycles. The summed E-state index contributed by atoms with van der Waals surface area (Å²) in [6, 6.07) is 1.74. The molecule has 2 fully saturated rings. The minimum Gasteiger partial charge on any atom is -0.447 e. The molecule has 41 heavy (non-hydrogen) atoms. The van der Waals surface area contributed by atoms with Crippen LogP contribution < -0.4 is 0 Å². The van der Waals surface area contributed by atoms with Gasteiger partial charge >= 0.3 is 12.1 Å². The van der Waals surface area contributed by atoms with E-state index < -0.39 is 76.6 Å². The Bertz CT molecular complexity index is 1220. The highest BCUT2D eigenvalue weighted by molar-refractivity contribution is 5.93. The van der Waals surface area contributed by atoms with Gasteiger partial charge in [0.25, 0.3) is 0 Å². The van der Waals surface area contributed by atoms with E-state index in [1.54, 1.807) is 19.9 Å². The van der Waals surface area contributed by atoms with Gasteiger partial charge in [-0.3, -0.25) is 4.79 Å². The molecule has 0 spiro atoms. The first-order valence-electron chi connectivity index (χ1n) is 14.4. The lowest BCUT2D eigenvalue weighted by Crippen LogP contribution is -2.70. The molecule has 226 valence electrons. The number of aliphatic hydroxyl groups is 1. The normalized spacial score (nSPS) is 39.8. The van der Waals surface area contributed by atoms with Crippen LogP contribution in [0, 0.1) is 51.8 Å². The fourth-order valence-corrected chi connectivity index (χ4v) is 8.71. The minimum atomic E-state index is -2.35. The number of fused-ring (bicyclic) bond motifs is 5. The molecule has 4 rings (SSSR count). The zero-order valence-electron chi connectivity index (χ0n) is 24.8. The number of aliphatic hydroxyl groups excluding tert-OH is 1. The fourth-order valence-electron chi connectivity index (χ4n) is 8.71. The van der Waals surface area contributed by atoms with Crippen molar-refractivity contribution in [1.82, 2.24) is 0 Å². The molecule has 0 aromatic rings. The average Bonchev–Trinajstić information content (AvgIpc) is 3.10. The Balaban J connectivity index is 1.82. The molecule has 0 aliphatic heterocycles. The topological polar surface area (TPSA) is 123 Å². The molecule has 4 aliphatic rings. The van der Waals surface area contributed by atoms with Crippen molar-refractivity contribution < 1.29 is 42.5 Å². The van der Waals surface area contributed by atoms with E-state index in [1.807, 2.05) is 27.7 Å². The fraction of sp³-hybridized carbons (Fsp3) is 0.742. The summed E-state index contributed by atoms with van der Waals surface area (Å²) in [4.78, 5) is 39.3. The van der Waals surface area contributed by atoms with Gasteiger partial charge in [0.1, 0.15) is 18.0 Å². The van der Waals surface area contributed by atoms with E-state index in [0.29, 0.717) is 0 Å². The number of alkyl halides is 1. The number of carbonyl (C=O) groups excluding carboxylic acids is 3. The number of nitriles is 1. The zero-order valence-corrected chi connectivity index (χ0v) is 24.8. The zero-order chi connectivity index (χ0) is 30.7. The molecule has 0 unspecified atom stereocenters. The quantitative estimate of drug-likeness (QED) is 0.408. The summed E-state index contributed by atoms with van der Waals surface area (Å²) in [5.41, 5.74) is -7.33. The molecule has 0 aromatic heterocycles. The van der Waals surface area contributed by atoms with Crippen molar-refractivity contribution in [1.29, 1.82) is 5.26 Å². The van der Waals surface area contributed by atoms with Crippen LogP contribution in [0.3, 0.4) is 0 Å². The van der Waals surface area contributed by atoms with Gasteiger partial charge < -0.3 is 19.3 Å². The number of carbonyl (C=O) groups is 3. The molecule has 10 heteroatoms. The first-order valence-corrected chi connectivity index (χ1v) is 14.4. The van der Waals surface area contributed by atoms with Crippen molar-refractivity contribution >= 4 is 17.9 Å². The molecule has 8 atom stereocenters. The maximum absolute atomic E-state index is 17.5. The third-order valence-electron chi connectivity index (χ3n) is 10.6. The lowest BCUT2D eigenvalue weighted by atomic mass is 9.45. The molecule has 0 radical (unpaired) electrons. The van der Waals surface area contributed by atoms with Crippen molar-refractivity contribution in [2.45, 2.75) is 97.6 Å². The number of ether oxygens (including phenoxy) is 3. The number of halogens is 2. The maximum atomic E-state index is 17.5. The summed E-state index contributed by atoms with van der Waals surface area (Å²) in [6.45, 7) is 11.7. The highest BCUT2D eigenvalue weighted by Gasteiger charge is 2.78. The first-order chi connectivity index (χ1) is 19.0. The lowest BCUT2D eigenvalue weighted by Gasteiger charge is -2.62. The summed E-state index contributed by atoms with van der Waals surface area (Å²) in [6.07, 6.45) is -1.54. The van der Waals surface area contributed by atoms with Crippen LogP contribution in [0.25, 0.3) is 0 Å². The van der Waals surface area contributed by atoms with Gasteiger partial charge in [0.15, 0.2) is 18.1 Å². The smallest absolute Gasteiger partial charge is 0.447 e. The van der Waals surface area contributed by atoms with E-state index in [2.05, 4.69) is 0 Å².